The first-order chi connectivity index (χ1) is 12.0. The third-order valence-electron chi connectivity index (χ3n) is 4.30. The molecule has 10 nitrogen and oxygen atoms in total. The molecule has 0 aliphatic carbocycles. The number of hydrogen-bond acceptors (Lipinski definition) is 7. The van der Waals surface area contributed by atoms with Gasteiger partial charge in [-0.25, -0.2) is 9.18 Å². The number of hydrogen-bond donors (Lipinski definition) is 4. The molecule has 0 saturated carbocycles. The van der Waals surface area contributed by atoms with Crippen LogP contribution in [0, 0.1) is 11.8 Å². The molecule has 7 atom stereocenters. The van der Waals surface area contributed by atoms with Crippen molar-refractivity contribution in [3.63, 3.8) is 0 Å². The molecule has 1 heterocycles. The van der Waals surface area contributed by atoms with Crippen molar-refractivity contribution in [3.8, 4) is 0 Å². The van der Waals surface area contributed by atoms with E-state index in [0.29, 0.717) is 0 Å². The van der Waals surface area contributed by atoms with E-state index in [9.17, 15) is 28.6 Å². The van der Waals surface area contributed by atoms with Crippen LogP contribution in [0.15, 0.2) is 5.11 Å². The maximum absolute atomic E-state index is 14.6. The van der Waals surface area contributed by atoms with E-state index < -0.39 is 73.0 Å². The summed E-state index contributed by atoms with van der Waals surface area (Å²) in [6.45, 7) is 2.04. The number of carboxylic acids is 1. The van der Waals surface area contributed by atoms with Crippen molar-refractivity contribution in [2.24, 2.45) is 17.0 Å². The fourth-order valence-corrected chi connectivity index (χ4v) is 2.71. The summed E-state index contributed by atoms with van der Waals surface area (Å²) in [5, 5.41) is 40.7. The predicted molar refractivity (Wildman–Crippen MR) is 81.2 cm³/mol. The number of rotatable bonds is 8. The van der Waals surface area contributed by atoms with Gasteiger partial charge in [0.1, 0.15) is 18.0 Å². The summed E-state index contributed by atoms with van der Waals surface area (Å²) < 4.78 is 33.7. The van der Waals surface area contributed by atoms with Crippen LogP contribution in [0.1, 0.15) is 20.3 Å². The van der Waals surface area contributed by atoms with Crippen molar-refractivity contribution in [2.75, 3.05) is 6.61 Å². The highest BCUT2D eigenvalue weighted by Crippen LogP contribution is 2.42. The number of carbonyl (C=O) groups excluding carboxylic acids is 1. The van der Waals surface area contributed by atoms with E-state index in [4.69, 9.17) is 15.7 Å². The smallest absolute Gasteiger partial charge is 0.372 e. The standard InChI is InChI=1S/C14H21F2N3O7/c1-5(2)7(21)3-6-9(18-19-17)12(15)14(16,13(24)25)26-11(6)10(23)8(22)4-20/h5-6,8-12,20,22-23H,3-4H2,1-2H3,(H,24,25)/t6?,8-,9?,10-,11?,12?,14?/m1/s1. The first kappa shape index (κ1) is 22.2. The van der Waals surface area contributed by atoms with Gasteiger partial charge in [0, 0.05) is 23.2 Å². The molecule has 1 saturated heterocycles. The molecule has 0 radical (unpaired) electrons. The maximum atomic E-state index is 14.6. The molecule has 0 aromatic rings. The maximum Gasteiger partial charge on any atom is 0.372 e. The Morgan fingerprint density at radius 1 is 1.38 bits per heavy atom. The largest absolute Gasteiger partial charge is 0.477 e. The van der Waals surface area contributed by atoms with E-state index in [-0.39, 0.29) is 0 Å². The molecular weight excluding hydrogens is 360 g/mol. The average Bonchev–Trinajstić information content (AvgIpc) is 2.59. The molecule has 5 unspecified atom stereocenters. The van der Waals surface area contributed by atoms with Crippen LogP contribution in [-0.4, -0.2) is 75.2 Å². The molecule has 0 bridgehead atoms. The minimum atomic E-state index is -3.98. The van der Waals surface area contributed by atoms with Gasteiger partial charge in [-0.1, -0.05) is 19.0 Å². The van der Waals surface area contributed by atoms with Crippen molar-refractivity contribution in [2.45, 2.75) is 56.6 Å². The molecule has 4 N–H and O–H groups in total. The number of alkyl halides is 2. The van der Waals surface area contributed by atoms with Gasteiger partial charge in [-0.15, -0.1) is 0 Å². The van der Waals surface area contributed by atoms with Gasteiger partial charge in [-0.3, -0.25) is 4.79 Å². The van der Waals surface area contributed by atoms with E-state index in [2.05, 4.69) is 14.8 Å². The summed E-state index contributed by atoms with van der Waals surface area (Å²) in [5.41, 5.74) is 8.63. The number of ether oxygens (including phenoxy) is 1. The average molecular weight is 381 g/mol. The molecule has 148 valence electrons. The minimum Gasteiger partial charge on any atom is -0.477 e. The number of carbonyl (C=O) groups is 2. The molecule has 1 aliphatic rings. The van der Waals surface area contributed by atoms with Gasteiger partial charge >= 0.3 is 11.8 Å². The monoisotopic (exact) mass is 381 g/mol. The van der Waals surface area contributed by atoms with Gasteiger partial charge in [-0.2, -0.15) is 4.39 Å². The number of aliphatic hydroxyl groups is 3. The van der Waals surface area contributed by atoms with Gasteiger partial charge in [0.15, 0.2) is 6.17 Å². The van der Waals surface area contributed by atoms with E-state index >= 15 is 0 Å². The molecule has 26 heavy (non-hydrogen) atoms. The summed E-state index contributed by atoms with van der Waals surface area (Å²) in [4.78, 5) is 25.6. The second-order valence-electron chi connectivity index (χ2n) is 6.36. The molecular formula is C14H21F2N3O7. The Morgan fingerprint density at radius 2 is 1.96 bits per heavy atom. The van der Waals surface area contributed by atoms with Crippen LogP contribution in [0.4, 0.5) is 8.78 Å². The van der Waals surface area contributed by atoms with Crippen molar-refractivity contribution >= 4 is 11.8 Å². The Hall–Kier alpha value is -1.85. The number of aliphatic hydroxyl groups excluding tert-OH is 3. The summed E-state index contributed by atoms with van der Waals surface area (Å²) in [6.07, 6.45) is -9.38. The lowest BCUT2D eigenvalue weighted by Crippen LogP contribution is -2.65. The van der Waals surface area contributed by atoms with Crippen LogP contribution >= 0.6 is 0 Å². The Morgan fingerprint density at radius 3 is 2.38 bits per heavy atom. The minimum absolute atomic E-state index is 0.471. The molecule has 0 aromatic heterocycles. The van der Waals surface area contributed by atoms with E-state index in [1.165, 1.54) is 13.8 Å². The normalized spacial score (nSPS) is 34.0. The molecule has 0 spiro atoms. The number of azide groups is 1. The van der Waals surface area contributed by atoms with E-state index in [0.717, 1.165) is 0 Å². The van der Waals surface area contributed by atoms with Gasteiger partial charge < -0.3 is 25.2 Å². The SMILES string of the molecule is CC(C)C(=O)CC1C(N=[N+]=[N-])C(F)C(F)(C(=O)O)OC1[C@H](O)[C@H](O)CO. The second-order valence-corrected chi connectivity index (χ2v) is 6.36. The molecule has 1 fully saturated rings. The predicted octanol–water partition coefficient (Wildman–Crippen LogP) is 0.0981. The lowest BCUT2D eigenvalue weighted by Gasteiger charge is -2.45. The van der Waals surface area contributed by atoms with Gasteiger partial charge in [0.05, 0.1) is 18.8 Å². The van der Waals surface area contributed by atoms with Crippen molar-refractivity contribution in [3.05, 3.63) is 10.4 Å². The van der Waals surface area contributed by atoms with Crippen LogP contribution in [0.5, 0.6) is 0 Å². The summed E-state index contributed by atoms with van der Waals surface area (Å²) in [7, 11) is 0. The zero-order valence-corrected chi connectivity index (χ0v) is 14.1. The Labute approximate surface area is 147 Å². The summed E-state index contributed by atoms with van der Waals surface area (Å²) >= 11 is 0. The Balaban J connectivity index is 3.42. The van der Waals surface area contributed by atoms with E-state index in [1.807, 2.05) is 0 Å². The van der Waals surface area contributed by atoms with Gasteiger partial charge in [0.2, 0.25) is 0 Å². The zero-order valence-electron chi connectivity index (χ0n) is 14.1. The van der Waals surface area contributed by atoms with Crippen molar-refractivity contribution in [1.29, 1.82) is 0 Å². The zero-order chi connectivity index (χ0) is 20.2. The first-order valence-corrected chi connectivity index (χ1v) is 7.79. The first-order valence-electron chi connectivity index (χ1n) is 7.79. The highest BCUT2D eigenvalue weighted by atomic mass is 19.2. The highest BCUT2D eigenvalue weighted by molar-refractivity contribution is 5.81. The number of carboxylic acid groups (broad SMARTS) is 1. The van der Waals surface area contributed by atoms with E-state index in [1.54, 1.807) is 0 Å². The quantitative estimate of drug-likeness (QED) is 0.262. The topological polar surface area (TPSA) is 173 Å². The lowest BCUT2D eigenvalue weighted by molar-refractivity contribution is -0.284. The molecule has 0 amide bonds. The summed E-state index contributed by atoms with van der Waals surface area (Å²) in [6, 6.07) is -2.00. The number of aliphatic carboxylic acids is 1. The fraction of sp³-hybridized carbons (Fsp3) is 0.857. The Bertz CT molecular complexity index is 587. The molecule has 1 rings (SSSR count). The number of nitrogens with zero attached hydrogens (tertiary/aromatic N) is 3. The molecule has 12 heteroatoms. The van der Waals surface area contributed by atoms with Gasteiger partial charge in [0.25, 0.3) is 0 Å². The lowest BCUT2D eigenvalue weighted by atomic mass is 9.77. The Kier molecular flexibility index (Phi) is 7.42. The molecule has 1 aliphatic heterocycles. The van der Waals surface area contributed by atoms with Crippen LogP contribution in [0.25, 0.3) is 10.4 Å². The van der Waals surface area contributed by atoms with Crippen LogP contribution in [0.3, 0.4) is 0 Å². The number of halogens is 2. The van der Waals surface area contributed by atoms with Crippen LogP contribution in [-0.2, 0) is 14.3 Å². The highest BCUT2D eigenvalue weighted by Gasteiger charge is 2.62. The van der Waals surface area contributed by atoms with Crippen LogP contribution < -0.4 is 0 Å². The number of Topliss-reactive ketones (excluding diaryl/α,β-unsaturated/α-hetero) is 1. The van der Waals surface area contributed by atoms with Crippen molar-refractivity contribution < 1.29 is 43.5 Å². The van der Waals surface area contributed by atoms with Crippen molar-refractivity contribution in [1.82, 2.24) is 0 Å². The third kappa shape index (κ3) is 4.27. The summed E-state index contributed by atoms with van der Waals surface area (Å²) in [5.74, 6) is -8.82. The number of ketones is 1. The third-order valence-corrected chi connectivity index (χ3v) is 4.30. The fourth-order valence-electron chi connectivity index (χ4n) is 2.71. The van der Waals surface area contributed by atoms with Gasteiger partial charge in [-0.05, 0) is 5.53 Å². The molecule has 0 aromatic carbocycles. The van der Waals surface area contributed by atoms with Crippen LogP contribution in [0.2, 0.25) is 0 Å². The second kappa shape index (κ2) is 8.69.